The van der Waals surface area contributed by atoms with E-state index in [9.17, 15) is 9.59 Å². The fraction of sp³-hybridized carbons (Fsp3) is 0.105. The SMILES string of the molecule is COc1ccc(C(=O)Nc2nnc(CC(=O)NN=Cc3ccccc3Cl)s2)cc1. The number of hydrazone groups is 1. The van der Waals surface area contributed by atoms with Crippen molar-refractivity contribution >= 4 is 46.1 Å². The molecule has 10 heteroatoms. The Hall–Kier alpha value is -3.30. The van der Waals surface area contributed by atoms with Crippen LogP contribution in [0.3, 0.4) is 0 Å². The fourth-order valence-electron chi connectivity index (χ4n) is 2.22. The van der Waals surface area contributed by atoms with Crippen LogP contribution in [-0.4, -0.2) is 35.3 Å². The molecule has 0 aliphatic rings. The first kappa shape index (κ1) is 20.4. The molecule has 2 amide bonds. The molecule has 8 nitrogen and oxygen atoms in total. The zero-order valence-corrected chi connectivity index (χ0v) is 16.8. The summed E-state index contributed by atoms with van der Waals surface area (Å²) in [5.41, 5.74) is 3.55. The predicted octanol–water partition coefficient (Wildman–Crippen LogP) is 3.15. The molecule has 0 atom stereocenters. The minimum Gasteiger partial charge on any atom is -0.497 e. The van der Waals surface area contributed by atoms with E-state index < -0.39 is 0 Å². The molecule has 0 spiro atoms. The zero-order chi connectivity index (χ0) is 20.6. The zero-order valence-electron chi connectivity index (χ0n) is 15.3. The van der Waals surface area contributed by atoms with Crippen LogP contribution in [0.25, 0.3) is 0 Å². The maximum absolute atomic E-state index is 12.2. The number of amides is 2. The fourth-order valence-corrected chi connectivity index (χ4v) is 3.14. The second-order valence-electron chi connectivity index (χ2n) is 5.68. The summed E-state index contributed by atoms with van der Waals surface area (Å²) in [6.45, 7) is 0. The Morgan fingerprint density at radius 1 is 1.17 bits per heavy atom. The lowest BCUT2D eigenvalue weighted by Gasteiger charge is -2.02. The molecule has 2 N–H and O–H groups in total. The number of benzene rings is 2. The first-order valence-electron chi connectivity index (χ1n) is 8.39. The van der Waals surface area contributed by atoms with E-state index in [1.54, 1.807) is 49.6 Å². The number of aromatic nitrogens is 2. The highest BCUT2D eigenvalue weighted by Gasteiger charge is 2.12. The van der Waals surface area contributed by atoms with Gasteiger partial charge in [0.05, 0.1) is 19.7 Å². The van der Waals surface area contributed by atoms with Crippen molar-refractivity contribution in [3.05, 3.63) is 69.7 Å². The number of hydrogen-bond acceptors (Lipinski definition) is 7. The molecular formula is C19H16ClN5O3S. The number of rotatable bonds is 7. The molecule has 0 bridgehead atoms. The number of methoxy groups -OCH3 is 1. The summed E-state index contributed by atoms with van der Waals surface area (Å²) in [5.74, 6) is -0.0374. The highest BCUT2D eigenvalue weighted by Crippen LogP contribution is 2.18. The third-order valence-electron chi connectivity index (χ3n) is 3.65. The summed E-state index contributed by atoms with van der Waals surface area (Å²) in [6, 6.07) is 13.8. The topological polar surface area (TPSA) is 106 Å². The Labute approximate surface area is 175 Å². The molecule has 3 rings (SSSR count). The van der Waals surface area contributed by atoms with E-state index in [1.807, 2.05) is 6.07 Å². The molecule has 0 fully saturated rings. The smallest absolute Gasteiger partial charge is 0.257 e. The summed E-state index contributed by atoms with van der Waals surface area (Å²) in [6.07, 6.45) is 1.44. The number of nitrogens with one attached hydrogen (secondary N) is 2. The molecule has 29 heavy (non-hydrogen) atoms. The van der Waals surface area contributed by atoms with Gasteiger partial charge in [-0.25, -0.2) is 5.43 Å². The van der Waals surface area contributed by atoms with Gasteiger partial charge in [-0.1, -0.05) is 41.1 Å². The molecular weight excluding hydrogens is 414 g/mol. The van der Waals surface area contributed by atoms with Crippen LogP contribution in [0.1, 0.15) is 20.9 Å². The molecule has 1 heterocycles. The molecule has 0 saturated heterocycles. The largest absolute Gasteiger partial charge is 0.497 e. The molecule has 3 aromatic rings. The third-order valence-corrected chi connectivity index (χ3v) is 4.83. The first-order chi connectivity index (χ1) is 14.0. The van der Waals surface area contributed by atoms with Gasteiger partial charge in [0.25, 0.3) is 5.91 Å². The van der Waals surface area contributed by atoms with Gasteiger partial charge in [-0.3, -0.25) is 14.9 Å². The number of carbonyl (C=O) groups is 2. The maximum atomic E-state index is 12.2. The summed E-state index contributed by atoms with van der Waals surface area (Å²) in [4.78, 5) is 24.2. The lowest BCUT2D eigenvalue weighted by atomic mass is 10.2. The average molecular weight is 430 g/mol. The Morgan fingerprint density at radius 3 is 2.66 bits per heavy atom. The van der Waals surface area contributed by atoms with E-state index in [4.69, 9.17) is 16.3 Å². The summed E-state index contributed by atoms with van der Waals surface area (Å²) < 4.78 is 5.06. The van der Waals surface area contributed by atoms with Gasteiger partial charge in [0.2, 0.25) is 11.0 Å². The van der Waals surface area contributed by atoms with Gasteiger partial charge in [0, 0.05) is 16.1 Å². The van der Waals surface area contributed by atoms with Crippen LogP contribution in [0.4, 0.5) is 5.13 Å². The monoisotopic (exact) mass is 429 g/mol. The van der Waals surface area contributed by atoms with Crippen molar-refractivity contribution < 1.29 is 14.3 Å². The number of carbonyl (C=O) groups excluding carboxylic acids is 2. The molecule has 0 radical (unpaired) electrons. The quantitative estimate of drug-likeness (QED) is 0.443. The van der Waals surface area contributed by atoms with Gasteiger partial charge in [-0.15, -0.1) is 10.2 Å². The van der Waals surface area contributed by atoms with Crippen LogP contribution >= 0.6 is 22.9 Å². The van der Waals surface area contributed by atoms with Crippen molar-refractivity contribution in [2.24, 2.45) is 5.10 Å². The first-order valence-corrected chi connectivity index (χ1v) is 9.59. The van der Waals surface area contributed by atoms with E-state index in [0.717, 1.165) is 11.3 Å². The number of nitrogens with zero attached hydrogens (tertiary/aromatic N) is 3. The predicted molar refractivity (Wildman–Crippen MR) is 112 cm³/mol. The van der Waals surface area contributed by atoms with Crippen molar-refractivity contribution in [3.63, 3.8) is 0 Å². The molecule has 0 aliphatic heterocycles. The Balaban J connectivity index is 1.52. The summed E-state index contributed by atoms with van der Waals surface area (Å²) >= 11 is 7.12. The molecule has 148 valence electrons. The highest BCUT2D eigenvalue weighted by atomic mass is 35.5. The number of halogens is 1. The van der Waals surface area contributed by atoms with E-state index in [0.29, 0.717) is 32.0 Å². The molecule has 2 aromatic carbocycles. The Kier molecular flexibility index (Phi) is 6.88. The normalized spacial score (nSPS) is 10.7. The average Bonchev–Trinajstić information content (AvgIpc) is 3.16. The Bertz CT molecular complexity index is 1040. The van der Waals surface area contributed by atoms with Gasteiger partial charge < -0.3 is 4.74 Å². The third kappa shape index (κ3) is 5.84. The van der Waals surface area contributed by atoms with Crippen LogP contribution in [-0.2, 0) is 11.2 Å². The summed E-state index contributed by atoms with van der Waals surface area (Å²) in [5, 5.41) is 15.6. The second-order valence-corrected chi connectivity index (χ2v) is 7.14. The minimum absolute atomic E-state index is 0.0179. The van der Waals surface area contributed by atoms with Crippen LogP contribution < -0.4 is 15.5 Å². The van der Waals surface area contributed by atoms with E-state index in [-0.39, 0.29) is 18.2 Å². The van der Waals surface area contributed by atoms with Crippen molar-refractivity contribution in [1.29, 1.82) is 0 Å². The molecule has 0 aliphatic carbocycles. The van der Waals surface area contributed by atoms with Crippen molar-refractivity contribution in [1.82, 2.24) is 15.6 Å². The second kappa shape index (κ2) is 9.76. The maximum Gasteiger partial charge on any atom is 0.257 e. The van der Waals surface area contributed by atoms with Gasteiger partial charge in [-0.2, -0.15) is 5.10 Å². The minimum atomic E-state index is -0.363. The Morgan fingerprint density at radius 2 is 1.93 bits per heavy atom. The van der Waals surface area contributed by atoms with Crippen LogP contribution in [0.2, 0.25) is 5.02 Å². The summed E-state index contributed by atoms with van der Waals surface area (Å²) in [7, 11) is 1.55. The number of ether oxygens (including phenoxy) is 1. The van der Waals surface area contributed by atoms with Crippen molar-refractivity contribution in [2.45, 2.75) is 6.42 Å². The molecule has 1 aromatic heterocycles. The number of anilines is 1. The van der Waals surface area contributed by atoms with Crippen molar-refractivity contribution in [3.8, 4) is 5.75 Å². The van der Waals surface area contributed by atoms with Gasteiger partial charge in [0.1, 0.15) is 10.8 Å². The molecule has 0 saturated carbocycles. The van der Waals surface area contributed by atoms with Gasteiger partial charge >= 0.3 is 0 Å². The lowest BCUT2D eigenvalue weighted by Crippen LogP contribution is -2.19. The van der Waals surface area contributed by atoms with E-state index in [1.165, 1.54) is 6.21 Å². The lowest BCUT2D eigenvalue weighted by molar-refractivity contribution is -0.120. The molecule has 0 unspecified atom stereocenters. The highest BCUT2D eigenvalue weighted by molar-refractivity contribution is 7.15. The van der Waals surface area contributed by atoms with Gasteiger partial charge in [0.15, 0.2) is 0 Å². The van der Waals surface area contributed by atoms with Crippen LogP contribution in [0.5, 0.6) is 5.75 Å². The van der Waals surface area contributed by atoms with E-state index >= 15 is 0 Å². The van der Waals surface area contributed by atoms with Crippen LogP contribution in [0, 0.1) is 0 Å². The van der Waals surface area contributed by atoms with E-state index in [2.05, 4.69) is 26.0 Å². The van der Waals surface area contributed by atoms with Crippen molar-refractivity contribution in [2.75, 3.05) is 12.4 Å². The van der Waals surface area contributed by atoms with Crippen LogP contribution in [0.15, 0.2) is 53.6 Å². The number of hydrogen-bond donors (Lipinski definition) is 2. The van der Waals surface area contributed by atoms with Gasteiger partial charge in [-0.05, 0) is 30.3 Å². The standard InChI is InChI=1S/C19H16ClN5O3S/c1-28-14-8-6-12(7-9-14)18(27)22-19-25-24-17(29-19)10-16(26)23-21-11-13-4-2-3-5-15(13)20/h2-9,11H,10H2,1H3,(H,23,26)(H,22,25,27).